The molecule has 62 heavy (non-hydrogen) atoms. The lowest BCUT2D eigenvalue weighted by molar-refractivity contribution is -0.481. The molecule has 17 heteroatoms. The summed E-state index contributed by atoms with van der Waals surface area (Å²) in [6.07, 6.45) is 1.11. The number of carbonyl (C=O) groups is 11. The molecule has 346 valence electrons. The van der Waals surface area contributed by atoms with Crippen LogP contribution in [0.1, 0.15) is 130 Å². The van der Waals surface area contributed by atoms with Crippen LogP contribution in [0.15, 0.2) is 5.16 Å². The lowest BCUT2D eigenvalue weighted by Gasteiger charge is -2.41. The summed E-state index contributed by atoms with van der Waals surface area (Å²) in [5, 5.41) is 22.8. The summed E-state index contributed by atoms with van der Waals surface area (Å²) >= 11 is 4.07. The van der Waals surface area contributed by atoms with E-state index in [0.717, 1.165) is 0 Å². The van der Waals surface area contributed by atoms with Gasteiger partial charge in [0.25, 0.3) is 0 Å². The van der Waals surface area contributed by atoms with Gasteiger partial charge in [-0.1, -0.05) is 32.9 Å². The SMILES string of the molecule is CC(CCS)C(=O)C1C(=O)C(C)(C)C(=O)C(C)(C)C1=O.CC(CC[N+](=O)[O-])C(=O)C1C(=O)C(C)(C)C(=O)C(C)(C)C1=O.CCC(C)/C(=N\O)C1C(=O)C(C)(C)C(=O)C(C)(C)C1=O. The van der Waals surface area contributed by atoms with Crippen molar-refractivity contribution in [1.29, 1.82) is 0 Å². The molecule has 0 saturated heterocycles. The van der Waals surface area contributed by atoms with Gasteiger partial charge in [-0.3, -0.25) is 62.9 Å². The highest BCUT2D eigenvalue weighted by Crippen LogP contribution is 2.44. The van der Waals surface area contributed by atoms with E-state index in [2.05, 4.69) is 17.8 Å². The fourth-order valence-corrected chi connectivity index (χ4v) is 8.71. The molecule has 3 rings (SSSR count). The van der Waals surface area contributed by atoms with Crippen molar-refractivity contribution in [2.45, 2.75) is 130 Å². The Hall–Kier alpha value is -4.41. The number of hydrogen-bond donors (Lipinski definition) is 2. The number of rotatable bonds is 12. The molecule has 16 nitrogen and oxygen atoms in total. The summed E-state index contributed by atoms with van der Waals surface area (Å²) in [5.74, 6) is -10.6. The molecule has 0 amide bonds. The first-order valence-corrected chi connectivity index (χ1v) is 21.4. The van der Waals surface area contributed by atoms with E-state index < -0.39 is 126 Å². The highest BCUT2D eigenvalue weighted by atomic mass is 32.1. The molecule has 0 radical (unpaired) electrons. The molecular weight excluding hydrogens is 825 g/mol. The van der Waals surface area contributed by atoms with Gasteiger partial charge in [0.2, 0.25) is 6.54 Å². The topological polar surface area (TPSA) is 264 Å². The van der Waals surface area contributed by atoms with E-state index in [1.807, 2.05) is 6.92 Å². The number of Topliss-reactive ketones (excluding diaryl/α,β-unsaturated/α-hetero) is 11. The van der Waals surface area contributed by atoms with Crippen molar-refractivity contribution in [1.82, 2.24) is 0 Å². The third kappa shape index (κ3) is 10.2. The van der Waals surface area contributed by atoms with E-state index in [-0.39, 0.29) is 29.6 Å². The largest absolute Gasteiger partial charge is 0.411 e. The quantitative estimate of drug-likeness (QED) is 0.0621. The van der Waals surface area contributed by atoms with Crippen LogP contribution in [-0.4, -0.2) is 91.8 Å². The van der Waals surface area contributed by atoms with E-state index in [9.17, 15) is 68.1 Å². The van der Waals surface area contributed by atoms with Crippen LogP contribution in [0, 0.1) is 78.1 Å². The molecule has 1 N–H and O–H groups in total. The highest BCUT2D eigenvalue weighted by Gasteiger charge is 2.62. The molecule has 3 aliphatic rings. The fraction of sp³-hybridized carbons (Fsp3) is 0.733. The Morgan fingerprint density at radius 3 is 1.05 bits per heavy atom. The molecule has 0 aliphatic heterocycles. The second-order valence-corrected chi connectivity index (χ2v) is 20.5. The Morgan fingerprint density at radius 2 is 0.823 bits per heavy atom. The summed E-state index contributed by atoms with van der Waals surface area (Å²) in [4.78, 5) is 146. The van der Waals surface area contributed by atoms with E-state index in [1.54, 1.807) is 13.8 Å². The molecule has 0 heterocycles. The van der Waals surface area contributed by atoms with Crippen molar-refractivity contribution < 1.29 is 62.9 Å². The standard InChI is InChI=1S/C15H21NO6.C15H23NO4.C15H22O4S/c1-8(6-7-16(21)22)10(17)9-11(18)14(2,3)13(20)15(4,5)12(9)19;1-7-8(2)10(16-20)9-11(17)14(3,4)13(19)15(5,6)12(9)18;1-8(6-7-20)10(16)9-11(17)14(2,3)13(19)15(4,5)12(9)18/h8-9H,6-7H2,1-5H3;8-9,20H,7H2,1-6H3;8-9,20H,6-7H2,1-5H3/b;16-10+;. The first-order chi connectivity index (χ1) is 27.9. The molecule has 3 atom stereocenters. The monoisotopic (exact) mass is 890 g/mol. The first-order valence-electron chi connectivity index (χ1n) is 20.8. The van der Waals surface area contributed by atoms with Crippen LogP contribution in [0.5, 0.6) is 0 Å². The van der Waals surface area contributed by atoms with Crippen molar-refractivity contribution in [3.8, 4) is 0 Å². The van der Waals surface area contributed by atoms with Crippen molar-refractivity contribution in [2.75, 3.05) is 12.3 Å². The second kappa shape index (κ2) is 19.5. The van der Waals surface area contributed by atoms with Crippen LogP contribution in [0.4, 0.5) is 0 Å². The molecule has 3 saturated carbocycles. The van der Waals surface area contributed by atoms with Gasteiger partial charge >= 0.3 is 0 Å². The van der Waals surface area contributed by atoms with Gasteiger partial charge in [0, 0.05) is 23.2 Å². The number of nitro groups is 1. The third-order valence-electron chi connectivity index (χ3n) is 13.1. The average Bonchev–Trinajstić information content (AvgIpc) is 3.18. The molecule has 0 aromatic carbocycles. The number of carbonyl (C=O) groups excluding carboxylic acids is 11. The number of nitrogens with zero attached hydrogens (tertiary/aromatic N) is 2. The molecule has 0 aromatic rings. The Bertz CT molecular complexity index is 1880. The van der Waals surface area contributed by atoms with Gasteiger partial charge in [0.1, 0.15) is 17.8 Å². The number of hydrogen-bond acceptors (Lipinski definition) is 16. The van der Waals surface area contributed by atoms with Crippen molar-refractivity contribution in [2.24, 2.45) is 73.2 Å². The van der Waals surface area contributed by atoms with Gasteiger partial charge < -0.3 is 5.21 Å². The maximum atomic E-state index is 12.5. The molecule has 0 spiro atoms. The van der Waals surface area contributed by atoms with Crippen LogP contribution < -0.4 is 0 Å². The van der Waals surface area contributed by atoms with Gasteiger partial charge in [-0.15, -0.1) is 0 Å². The van der Waals surface area contributed by atoms with Gasteiger partial charge in [-0.2, -0.15) is 12.6 Å². The number of thiol groups is 1. The van der Waals surface area contributed by atoms with E-state index in [0.29, 0.717) is 18.6 Å². The van der Waals surface area contributed by atoms with Gasteiger partial charge in [-0.25, -0.2) is 0 Å². The van der Waals surface area contributed by atoms with Crippen LogP contribution in [-0.2, 0) is 52.7 Å². The minimum atomic E-state index is -1.51. The normalized spacial score (nSPS) is 23.7. The highest BCUT2D eigenvalue weighted by molar-refractivity contribution is 7.80. The lowest BCUT2D eigenvalue weighted by atomic mass is 9.57. The summed E-state index contributed by atoms with van der Waals surface area (Å²) in [6, 6.07) is 0. The summed E-state index contributed by atoms with van der Waals surface area (Å²) < 4.78 is 0. The molecule has 0 aromatic heterocycles. The van der Waals surface area contributed by atoms with Crippen LogP contribution in [0.3, 0.4) is 0 Å². The molecule has 0 bridgehead atoms. The van der Waals surface area contributed by atoms with Gasteiger partial charge in [0.05, 0.1) is 38.2 Å². The summed E-state index contributed by atoms with van der Waals surface area (Å²) in [5.41, 5.74) is -7.74. The lowest BCUT2D eigenvalue weighted by Crippen LogP contribution is -2.59. The van der Waals surface area contributed by atoms with Gasteiger partial charge in [-0.05, 0) is 108 Å². The van der Waals surface area contributed by atoms with Crippen molar-refractivity contribution in [3.05, 3.63) is 10.1 Å². The zero-order chi connectivity index (χ0) is 49.2. The van der Waals surface area contributed by atoms with E-state index >= 15 is 0 Å². The number of ketones is 11. The van der Waals surface area contributed by atoms with Crippen molar-refractivity contribution >= 4 is 82.0 Å². The Balaban J connectivity index is 0.000000466. The maximum Gasteiger partial charge on any atom is 0.204 e. The first kappa shape index (κ1) is 55.6. The van der Waals surface area contributed by atoms with Crippen LogP contribution in [0.2, 0.25) is 0 Å². The minimum absolute atomic E-state index is 0.0440. The predicted octanol–water partition coefficient (Wildman–Crippen LogP) is 5.40. The molecular formula is C45H66N2O14S. The Labute approximate surface area is 369 Å². The maximum absolute atomic E-state index is 12.5. The predicted molar refractivity (Wildman–Crippen MR) is 230 cm³/mol. The van der Waals surface area contributed by atoms with Crippen LogP contribution in [0.25, 0.3) is 0 Å². The van der Waals surface area contributed by atoms with E-state index in [4.69, 9.17) is 0 Å². The zero-order valence-electron chi connectivity index (χ0n) is 39.1. The Morgan fingerprint density at radius 1 is 0.565 bits per heavy atom. The third-order valence-corrected chi connectivity index (χ3v) is 13.3. The average molecular weight is 891 g/mol. The number of oxime groups is 1. The second-order valence-electron chi connectivity index (χ2n) is 20.0. The molecule has 3 aliphatic carbocycles. The smallest absolute Gasteiger partial charge is 0.204 e. The zero-order valence-corrected chi connectivity index (χ0v) is 40.0. The van der Waals surface area contributed by atoms with E-state index in [1.165, 1.54) is 90.0 Å². The molecule has 3 fully saturated rings. The van der Waals surface area contributed by atoms with Gasteiger partial charge in [0.15, 0.2) is 63.6 Å². The summed E-state index contributed by atoms with van der Waals surface area (Å²) in [6.45, 7) is 24.2. The van der Waals surface area contributed by atoms with Crippen molar-refractivity contribution in [3.63, 3.8) is 0 Å². The fourth-order valence-electron chi connectivity index (χ4n) is 8.32. The minimum Gasteiger partial charge on any atom is -0.411 e. The molecule has 3 unspecified atom stereocenters. The Kier molecular flexibility index (Phi) is 17.5. The summed E-state index contributed by atoms with van der Waals surface area (Å²) in [7, 11) is 0. The van der Waals surface area contributed by atoms with Crippen LogP contribution >= 0.6 is 12.6 Å².